The van der Waals surface area contributed by atoms with Crippen LogP contribution in [-0.2, 0) is 20.8 Å². The molecule has 1 aliphatic heterocycles. The van der Waals surface area contributed by atoms with Crippen molar-refractivity contribution in [2.75, 3.05) is 19.7 Å². The molecule has 1 aromatic rings. The van der Waals surface area contributed by atoms with Crippen molar-refractivity contribution in [1.82, 2.24) is 4.90 Å². The zero-order chi connectivity index (χ0) is 17.6. The largest absolute Gasteiger partial charge is 0.460 e. The first-order valence-corrected chi connectivity index (χ1v) is 9.18. The van der Waals surface area contributed by atoms with E-state index in [4.69, 9.17) is 9.47 Å². The van der Waals surface area contributed by atoms with Crippen LogP contribution in [0.3, 0.4) is 0 Å². The fraction of sp³-hybridized carbons (Fsp3) is 0.600. The third kappa shape index (κ3) is 5.29. The molecule has 25 heavy (non-hydrogen) atoms. The van der Waals surface area contributed by atoms with Crippen LogP contribution in [0.5, 0.6) is 0 Å². The van der Waals surface area contributed by atoms with Crippen LogP contribution in [0.2, 0.25) is 0 Å². The number of hydrogen-bond acceptors (Lipinski definition) is 5. The molecule has 1 aliphatic carbocycles. The summed E-state index contributed by atoms with van der Waals surface area (Å²) in [6, 6.07) is 9.96. The van der Waals surface area contributed by atoms with E-state index in [1.165, 1.54) is 12.8 Å². The minimum absolute atomic E-state index is 0.0260. The smallest absolute Gasteiger partial charge is 0.335 e. The van der Waals surface area contributed by atoms with Crippen LogP contribution >= 0.6 is 0 Å². The molecule has 3 rings (SSSR count). The quantitative estimate of drug-likeness (QED) is 0.713. The van der Waals surface area contributed by atoms with Crippen LogP contribution in [0, 0.1) is 17.2 Å². The molecule has 0 amide bonds. The Labute approximate surface area is 149 Å². The fourth-order valence-electron chi connectivity index (χ4n) is 3.09. The summed E-state index contributed by atoms with van der Waals surface area (Å²) in [6.45, 7) is 4.96. The standard InChI is InChI=1S/C20H26N2O3/c1-15(24-14-16-6-7-16)20(23)25-19-8-10-22(11-9-19)13-18-5-3-2-4-17(18)12-21/h2-5,15-16,19H,6-11,13-14H2,1H3. The first-order valence-electron chi connectivity index (χ1n) is 9.18. The Bertz CT molecular complexity index is 628. The minimum Gasteiger partial charge on any atom is -0.460 e. The maximum Gasteiger partial charge on any atom is 0.335 e. The van der Waals surface area contributed by atoms with Gasteiger partial charge in [-0.1, -0.05) is 18.2 Å². The van der Waals surface area contributed by atoms with Gasteiger partial charge in [0.15, 0.2) is 6.10 Å². The van der Waals surface area contributed by atoms with Crippen molar-refractivity contribution in [2.24, 2.45) is 5.92 Å². The number of nitriles is 1. The topological polar surface area (TPSA) is 62.6 Å². The molecule has 1 heterocycles. The van der Waals surface area contributed by atoms with Crippen molar-refractivity contribution >= 4 is 5.97 Å². The maximum absolute atomic E-state index is 12.1. The average molecular weight is 342 g/mol. The highest BCUT2D eigenvalue weighted by Gasteiger charge is 2.27. The van der Waals surface area contributed by atoms with E-state index in [9.17, 15) is 10.1 Å². The molecule has 0 bridgehead atoms. The van der Waals surface area contributed by atoms with E-state index in [2.05, 4.69) is 11.0 Å². The number of ether oxygens (including phenoxy) is 2. The molecule has 1 aromatic carbocycles. The predicted octanol–water partition coefficient (Wildman–Crippen LogP) is 2.88. The fourth-order valence-corrected chi connectivity index (χ4v) is 3.09. The number of rotatable bonds is 7. The Morgan fingerprint density at radius 2 is 2.00 bits per heavy atom. The number of nitrogens with zero attached hydrogens (tertiary/aromatic N) is 2. The third-order valence-electron chi connectivity index (χ3n) is 4.96. The molecule has 1 saturated carbocycles. The molecular weight excluding hydrogens is 316 g/mol. The van der Waals surface area contributed by atoms with E-state index in [1.807, 2.05) is 24.3 Å². The predicted molar refractivity (Wildman–Crippen MR) is 93.7 cm³/mol. The molecule has 1 unspecified atom stereocenters. The second-order valence-electron chi connectivity index (χ2n) is 7.10. The molecule has 0 N–H and O–H groups in total. The van der Waals surface area contributed by atoms with Crippen molar-refractivity contribution in [3.63, 3.8) is 0 Å². The Hall–Kier alpha value is -1.90. The minimum atomic E-state index is -0.471. The first kappa shape index (κ1) is 17.9. The van der Waals surface area contributed by atoms with E-state index in [0.717, 1.165) is 43.6 Å². The monoisotopic (exact) mass is 342 g/mol. The SMILES string of the molecule is CC(OCC1CC1)C(=O)OC1CCN(Cc2ccccc2C#N)CC1. The van der Waals surface area contributed by atoms with Gasteiger partial charge < -0.3 is 9.47 Å². The summed E-state index contributed by atoms with van der Waals surface area (Å²) in [5, 5.41) is 9.19. The molecule has 1 saturated heterocycles. The highest BCUT2D eigenvalue weighted by Crippen LogP contribution is 2.29. The van der Waals surface area contributed by atoms with Crippen LogP contribution in [-0.4, -0.2) is 42.8 Å². The first-order chi connectivity index (χ1) is 12.2. The van der Waals surface area contributed by atoms with E-state index in [-0.39, 0.29) is 12.1 Å². The van der Waals surface area contributed by atoms with Gasteiger partial charge in [0, 0.05) is 19.6 Å². The maximum atomic E-state index is 12.1. The molecule has 2 aliphatic rings. The highest BCUT2D eigenvalue weighted by molar-refractivity contribution is 5.74. The van der Waals surface area contributed by atoms with Crippen molar-refractivity contribution in [2.45, 2.75) is 51.4 Å². The molecular formula is C20H26N2O3. The zero-order valence-electron chi connectivity index (χ0n) is 14.8. The van der Waals surface area contributed by atoms with Gasteiger partial charge in [0.1, 0.15) is 6.10 Å². The Balaban J connectivity index is 1.40. The van der Waals surface area contributed by atoms with Gasteiger partial charge in [-0.15, -0.1) is 0 Å². The molecule has 0 spiro atoms. The van der Waals surface area contributed by atoms with Crippen LogP contribution in [0.15, 0.2) is 24.3 Å². The number of piperidine rings is 1. The van der Waals surface area contributed by atoms with Gasteiger partial charge in [0.2, 0.25) is 0 Å². The number of hydrogen-bond donors (Lipinski definition) is 0. The highest BCUT2D eigenvalue weighted by atomic mass is 16.6. The molecule has 134 valence electrons. The van der Waals surface area contributed by atoms with Gasteiger partial charge in [-0.3, -0.25) is 4.90 Å². The molecule has 5 heteroatoms. The second kappa shape index (κ2) is 8.46. The Morgan fingerprint density at radius 1 is 1.28 bits per heavy atom. The number of likely N-dealkylation sites (tertiary alicyclic amines) is 1. The third-order valence-corrected chi connectivity index (χ3v) is 4.96. The number of esters is 1. The summed E-state index contributed by atoms with van der Waals surface area (Å²) in [5.41, 5.74) is 1.79. The molecule has 5 nitrogen and oxygen atoms in total. The lowest BCUT2D eigenvalue weighted by Crippen LogP contribution is -2.39. The van der Waals surface area contributed by atoms with Crippen molar-refractivity contribution in [3.8, 4) is 6.07 Å². The summed E-state index contributed by atoms with van der Waals surface area (Å²) >= 11 is 0. The molecule has 0 aromatic heterocycles. The van der Waals surface area contributed by atoms with Gasteiger partial charge in [-0.25, -0.2) is 4.79 Å². The van der Waals surface area contributed by atoms with Crippen molar-refractivity contribution in [3.05, 3.63) is 35.4 Å². The van der Waals surface area contributed by atoms with E-state index in [1.54, 1.807) is 6.92 Å². The lowest BCUT2D eigenvalue weighted by Gasteiger charge is -2.32. The van der Waals surface area contributed by atoms with Gasteiger partial charge in [0.25, 0.3) is 0 Å². The van der Waals surface area contributed by atoms with Gasteiger partial charge in [-0.2, -0.15) is 5.26 Å². The second-order valence-corrected chi connectivity index (χ2v) is 7.10. The van der Waals surface area contributed by atoms with Crippen molar-refractivity contribution in [1.29, 1.82) is 5.26 Å². The van der Waals surface area contributed by atoms with Gasteiger partial charge >= 0.3 is 5.97 Å². The normalized spacial score (nSPS) is 20.0. The molecule has 2 fully saturated rings. The number of benzene rings is 1. The van der Waals surface area contributed by atoms with Gasteiger partial charge in [0.05, 0.1) is 18.2 Å². The summed E-state index contributed by atoms with van der Waals surface area (Å²) < 4.78 is 11.2. The summed E-state index contributed by atoms with van der Waals surface area (Å²) in [4.78, 5) is 14.4. The van der Waals surface area contributed by atoms with E-state index < -0.39 is 6.10 Å². The Kier molecular flexibility index (Phi) is 6.06. The summed E-state index contributed by atoms with van der Waals surface area (Å²) in [6.07, 6.45) is 3.60. The van der Waals surface area contributed by atoms with Crippen LogP contribution < -0.4 is 0 Å². The van der Waals surface area contributed by atoms with Crippen molar-refractivity contribution < 1.29 is 14.3 Å². The Morgan fingerprint density at radius 3 is 2.68 bits per heavy atom. The van der Waals surface area contributed by atoms with Crippen LogP contribution in [0.25, 0.3) is 0 Å². The lowest BCUT2D eigenvalue weighted by molar-refractivity contribution is -0.164. The molecule has 0 radical (unpaired) electrons. The van der Waals surface area contributed by atoms with Crippen LogP contribution in [0.4, 0.5) is 0 Å². The summed E-state index contributed by atoms with van der Waals surface area (Å²) in [7, 11) is 0. The van der Waals surface area contributed by atoms with Gasteiger partial charge in [-0.05, 0) is 50.2 Å². The summed E-state index contributed by atoms with van der Waals surface area (Å²) in [5.74, 6) is 0.406. The lowest BCUT2D eigenvalue weighted by atomic mass is 10.0. The zero-order valence-corrected chi connectivity index (χ0v) is 14.8. The van der Waals surface area contributed by atoms with E-state index >= 15 is 0 Å². The van der Waals surface area contributed by atoms with Crippen LogP contribution in [0.1, 0.15) is 43.7 Å². The number of carbonyl (C=O) groups excluding carboxylic acids is 1. The number of carbonyl (C=O) groups is 1. The molecule has 1 atom stereocenters. The average Bonchev–Trinajstić information content (AvgIpc) is 3.46. The van der Waals surface area contributed by atoms with E-state index in [0.29, 0.717) is 12.5 Å².